The van der Waals surface area contributed by atoms with E-state index in [1.807, 2.05) is 45.2 Å². The second-order valence-electron chi connectivity index (χ2n) is 3.74. The summed E-state index contributed by atoms with van der Waals surface area (Å²) in [7, 11) is 1.14. The van der Waals surface area contributed by atoms with Crippen molar-refractivity contribution in [1.82, 2.24) is 5.32 Å². The van der Waals surface area contributed by atoms with E-state index < -0.39 is 10.8 Å². The first-order valence-electron chi connectivity index (χ1n) is 5.96. The van der Waals surface area contributed by atoms with Gasteiger partial charge in [-0.3, -0.25) is 4.21 Å². The van der Waals surface area contributed by atoms with E-state index in [2.05, 4.69) is 5.32 Å². The van der Waals surface area contributed by atoms with Gasteiger partial charge in [0.25, 0.3) is 0 Å². The van der Waals surface area contributed by atoms with Gasteiger partial charge in [-0.2, -0.15) is 0 Å². The summed E-state index contributed by atoms with van der Waals surface area (Å²) in [5, 5.41) is 3.20. The van der Waals surface area contributed by atoms with Crippen LogP contribution in [0.3, 0.4) is 0 Å². The van der Waals surface area contributed by atoms with Gasteiger partial charge in [-0.05, 0) is 31.7 Å². The fourth-order valence-corrected chi connectivity index (χ4v) is 2.58. The minimum absolute atomic E-state index is 0.145. The molecule has 2 unspecified atom stereocenters. The fourth-order valence-electron chi connectivity index (χ4n) is 1.61. The molecule has 96 valence electrons. The number of hydrogen-bond acceptors (Lipinski definition) is 3. The molecule has 0 heterocycles. The predicted molar refractivity (Wildman–Crippen MR) is 73.0 cm³/mol. The molecule has 17 heavy (non-hydrogen) atoms. The van der Waals surface area contributed by atoms with Crippen LogP contribution in [0.4, 0.5) is 0 Å². The lowest BCUT2D eigenvalue weighted by atomic mass is 10.1. The van der Waals surface area contributed by atoms with Crippen LogP contribution in [-0.4, -0.2) is 29.4 Å². The summed E-state index contributed by atoms with van der Waals surface area (Å²) < 4.78 is 17.0. The summed E-state index contributed by atoms with van der Waals surface area (Å²) in [4.78, 5) is 0. The Morgan fingerprint density at radius 3 is 2.41 bits per heavy atom. The van der Waals surface area contributed by atoms with Crippen LogP contribution in [0.15, 0.2) is 24.3 Å². The van der Waals surface area contributed by atoms with Crippen molar-refractivity contribution in [2.75, 3.05) is 25.2 Å². The molecule has 1 aromatic carbocycles. The van der Waals surface area contributed by atoms with E-state index in [0.29, 0.717) is 18.1 Å². The Kier molecular flexibility index (Phi) is 6.22. The molecule has 0 bridgehead atoms. The van der Waals surface area contributed by atoms with E-state index >= 15 is 0 Å². The zero-order valence-electron chi connectivity index (χ0n) is 10.7. The third-order valence-corrected chi connectivity index (χ3v) is 3.97. The first-order chi connectivity index (χ1) is 8.21. The van der Waals surface area contributed by atoms with Crippen LogP contribution in [0, 0.1) is 0 Å². The van der Waals surface area contributed by atoms with E-state index in [1.165, 1.54) is 0 Å². The van der Waals surface area contributed by atoms with Crippen molar-refractivity contribution in [3.63, 3.8) is 0 Å². The van der Waals surface area contributed by atoms with Gasteiger partial charge < -0.3 is 10.1 Å². The highest BCUT2D eigenvalue weighted by Crippen LogP contribution is 2.18. The molecule has 1 aromatic rings. The van der Waals surface area contributed by atoms with E-state index in [1.54, 1.807) is 0 Å². The SMILES string of the molecule is CCOc1ccc(C(CS(=O)CC)NC)cc1. The van der Waals surface area contributed by atoms with Gasteiger partial charge in [0.15, 0.2) is 0 Å². The van der Waals surface area contributed by atoms with Crippen LogP contribution in [0.5, 0.6) is 5.75 Å². The van der Waals surface area contributed by atoms with E-state index in [4.69, 9.17) is 4.74 Å². The number of rotatable bonds is 7. The molecular weight excluding hydrogens is 234 g/mol. The fraction of sp³-hybridized carbons (Fsp3) is 0.538. The Balaban J connectivity index is 2.71. The van der Waals surface area contributed by atoms with Gasteiger partial charge in [-0.15, -0.1) is 0 Å². The summed E-state index contributed by atoms with van der Waals surface area (Å²) >= 11 is 0. The van der Waals surface area contributed by atoms with E-state index in [0.717, 1.165) is 11.3 Å². The maximum Gasteiger partial charge on any atom is 0.119 e. The van der Waals surface area contributed by atoms with Crippen molar-refractivity contribution in [3.8, 4) is 5.75 Å². The zero-order valence-corrected chi connectivity index (χ0v) is 11.5. The van der Waals surface area contributed by atoms with Gasteiger partial charge in [-0.25, -0.2) is 0 Å². The molecule has 1 rings (SSSR count). The third kappa shape index (κ3) is 4.48. The van der Waals surface area contributed by atoms with Crippen molar-refractivity contribution >= 4 is 10.8 Å². The summed E-state index contributed by atoms with van der Waals surface area (Å²) in [5.41, 5.74) is 1.15. The normalized spacial score (nSPS) is 14.3. The Morgan fingerprint density at radius 1 is 1.29 bits per heavy atom. The van der Waals surface area contributed by atoms with Crippen LogP contribution in [-0.2, 0) is 10.8 Å². The molecule has 0 spiro atoms. The second-order valence-corrected chi connectivity index (χ2v) is 5.53. The number of nitrogens with one attached hydrogen (secondary N) is 1. The number of hydrogen-bond donors (Lipinski definition) is 1. The Morgan fingerprint density at radius 2 is 1.94 bits per heavy atom. The predicted octanol–water partition coefficient (Wildman–Crippen LogP) is 2.11. The van der Waals surface area contributed by atoms with Crippen molar-refractivity contribution in [2.45, 2.75) is 19.9 Å². The minimum atomic E-state index is -0.760. The molecule has 0 saturated carbocycles. The first kappa shape index (κ1) is 14.2. The van der Waals surface area contributed by atoms with Gasteiger partial charge >= 0.3 is 0 Å². The molecular formula is C13H21NO2S. The molecule has 0 radical (unpaired) electrons. The molecule has 0 aliphatic rings. The van der Waals surface area contributed by atoms with Crippen LogP contribution in [0.1, 0.15) is 25.5 Å². The Bertz CT molecular complexity index is 351. The first-order valence-corrected chi connectivity index (χ1v) is 7.45. The van der Waals surface area contributed by atoms with Gasteiger partial charge in [0.2, 0.25) is 0 Å². The Hall–Kier alpha value is -0.870. The summed E-state index contributed by atoms with van der Waals surface area (Å²) in [6.07, 6.45) is 0. The monoisotopic (exact) mass is 255 g/mol. The molecule has 0 amide bonds. The molecule has 0 saturated heterocycles. The lowest BCUT2D eigenvalue weighted by Gasteiger charge is -2.16. The van der Waals surface area contributed by atoms with Crippen molar-refractivity contribution < 1.29 is 8.95 Å². The summed E-state index contributed by atoms with van der Waals surface area (Å²) in [6.45, 7) is 4.59. The van der Waals surface area contributed by atoms with Crippen molar-refractivity contribution in [2.24, 2.45) is 0 Å². The molecule has 0 fully saturated rings. The highest BCUT2D eigenvalue weighted by atomic mass is 32.2. The quantitative estimate of drug-likeness (QED) is 0.811. The molecule has 1 N–H and O–H groups in total. The highest BCUT2D eigenvalue weighted by Gasteiger charge is 2.12. The highest BCUT2D eigenvalue weighted by molar-refractivity contribution is 7.84. The summed E-state index contributed by atoms with van der Waals surface area (Å²) in [5.74, 6) is 2.23. The van der Waals surface area contributed by atoms with Crippen molar-refractivity contribution in [1.29, 1.82) is 0 Å². The largest absolute Gasteiger partial charge is 0.494 e. The van der Waals surface area contributed by atoms with Gasteiger partial charge in [0, 0.05) is 28.3 Å². The molecule has 3 nitrogen and oxygen atoms in total. The minimum Gasteiger partial charge on any atom is -0.494 e. The van der Waals surface area contributed by atoms with Gasteiger partial charge in [0.05, 0.1) is 6.61 Å². The standard InChI is InChI=1S/C13H21NO2S/c1-4-16-12-8-6-11(7-9-12)13(14-3)10-17(15)5-2/h6-9,13-14H,4-5,10H2,1-3H3. The zero-order chi connectivity index (χ0) is 12.7. The van der Waals surface area contributed by atoms with Gasteiger partial charge in [0.1, 0.15) is 5.75 Å². The van der Waals surface area contributed by atoms with Crippen LogP contribution < -0.4 is 10.1 Å². The van der Waals surface area contributed by atoms with Crippen LogP contribution in [0.2, 0.25) is 0 Å². The molecule has 4 heteroatoms. The lowest BCUT2D eigenvalue weighted by Crippen LogP contribution is -2.23. The van der Waals surface area contributed by atoms with Crippen LogP contribution in [0.25, 0.3) is 0 Å². The van der Waals surface area contributed by atoms with E-state index in [9.17, 15) is 4.21 Å². The average Bonchev–Trinajstić information content (AvgIpc) is 2.37. The van der Waals surface area contributed by atoms with Crippen molar-refractivity contribution in [3.05, 3.63) is 29.8 Å². The summed E-state index contributed by atoms with van der Waals surface area (Å²) in [6, 6.07) is 8.11. The molecule has 2 atom stereocenters. The van der Waals surface area contributed by atoms with Gasteiger partial charge in [-0.1, -0.05) is 19.1 Å². The smallest absolute Gasteiger partial charge is 0.119 e. The lowest BCUT2D eigenvalue weighted by molar-refractivity contribution is 0.340. The van der Waals surface area contributed by atoms with Crippen LogP contribution >= 0.6 is 0 Å². The third-order valence-electron chi connectivity index (χ3n) is 2.62. The molecule has 0 aliphatic carbocycles. The topological polar surface area (TPSA) is 38.3 Å². The Labute approximate surface area is 106 Å². The molecule has 0 aromatic heterocycles. The number of benzene rings is 1. The maximum atomic E-state index is 11.6. The van der Waals surface area contributed by atoms with E-state index in [-0.39, 0.29) is 6.04 Å². The average molecular weight is 255 g/mol. The second kappa shape index (κ2) is 7.45. The molecule has 0 aliphatic heterocycles. The number of ether oxygens (including phenoxy) is 1. The maximum absolute atomic E-state index is 11.6.